The molecule has 1 aliphatic carbocycles. The quantitative estimate of drug-likeness (QED) is 0.173. The summed E-state index contributed by atoms with van der Waals surface area (Å²) >= 11 is 1.86. The van der Waals surface area contributed by atoms with Crippen LogP contribution in [-0.4, -0.2) is 0 Å². The van der Waals surface area contributed by atoms with Crippen LogP contribution in [0.25, 0.3) is 53.6 Å². The molecule has 1 aromatic heterocycles. The molecule has 0 amide bonds. The number of nitrogens with zero attached hydrogens (tertiary/aromatic N) is 1. The van der Waals surface area contributed by atoms with E-state index in [1.54, 1.807) is 0 Å². The number of para-hydroxylation sites is 5. The molecule has 0 N–H and O–H groups in total. The van der Waals surface area contributed by atoms with Gasteiger partial charge in [-0.1, -0.05) is 158 Å². The molecule has 1 aliphatic heterocycles. The highest BCUT2D eigenvalue weighted by Gasteiger charge is 2.51. The molecule has 2 heterocycles. The first-order valence-electron chi connectivity index (χ1n) is 19.8. The number of fused-ring (bicyclic) bond motifs is 12. The number of anilines is 3. The van der Waals surface area contributed by atoms with Crippen molar-refractivity contribution in [2.24, 2.45) is 0 Å². The van der Waals surface area contributed by atoms with Crippen molar-refractivity contribution in [3.8, 4) is 44.9 Å². The van der Waals surface area contributed by atoms with E-state index in [2.05, 4.69) is 217 Å². The molecule has 0 bridgehead atoms. The average molecular weight is 758 g/mol. The van der Waals surface area contributed by atoms with Crippen LogP contribution in [0.5, 0.6) is 11.5 Å². The van der Waals surface area contributed by atoms with Gasteiger partial charge in [0, 0.05) is 48.1 Å². The summed E-state index contributed by atoms with van der Waals surface area (Å²) in [6.45, 7) is 0. The van der Waals surface area contributed by atoms with Gasteiger partial charge >= 0.3 is 0 Å². The third kappa shape index (κ3) is 4.71. The van der Waals surface area contributed by atoms with Crippen molar-refractivity contribution in [2.45, 2.75) is 5.41 Å². The van der Waals surface area contributed by atoms with Crippen LogP contribution in [0.3, 0.4) is 0 Å². The second-order valence-corrected chi connectivity index (χ2v) is 16.2. The Hall–Kier alpha value is -7.20. The molecule has 9 aromatic carbocycles. The Morgan fingerprint density at radius 2 is 0.931 bits per heavy atom. The summed E-state index contributed by atoms with van der Waals surface area (Å²) in [6.07, 6.45) is 0. The number of hydrogen-bond donors (Lipinski definition) is 0. The lowest BCUT2D eigenvalue weighted by Crippen LogP contribution is -2.32. The Morgan fingerprint density at radius 3 is 1.71 bits per heavy atom. The summed E-state index contributed by atoms with van der Waals surface area (Å²) in [5.74, 6) is 1.80. The molecule has 2 nitrogen and oxygen atoms in total. The number of hydrogen-bond acceptors (Lipinski definition) is 3. The van der Waals surface area contributed by atoms with Crippen LogP contribution in [0.2, 0.25) is 0 Å². The topological polar surface area (TPSA) is 12.5 Å². The van der Waals surface area contributed by atoms with Crippen molar-refractivity contribution >= 4 is 48.6 Å². The normalized spacial score (nSPS) is 13.1. The predicted molar refractivity (Wildman–Crippen MR) is 242 cm³/mol. The molecule has 58 heavy (non-hydrogen) atoms. The highest BCUT2D eigenvalue weighted by molar-refractivity contribution is 7.25. The van der Waals surface area contributed by atoms with Gasteiger partial charge in [-0.05, 0) is 88.0 Å². The number of rotatable bonds is 5. The number of thiophene rings is 1. The molecule has 12 rings (SSSR count). The molecular formula is C55H35NOS. The van der Waals surface area contributed by atoms with E-state index in [1.165, 1.54) is 70.2 Å². The fourth-order valence-corrected chi connectivity index (χ4v) is 10.9. The van der Waals surface area contributed by atoms with Gasteiger partial charge in [-0.15, -0.1) is 11.3 Å². The van der Waals surface area contributed by atoms with Crippen LogP contribution < -0.4 is 9.64 Å². The summed E-state index contributed by atoms with van der Waals surface area (Å²) in [4.78, 5) is 2.45. The van der Waals surface area contributed by atoms with E-state index in [0.29, 0.717) is 0 Å². The Balaban J connectivity index is 1.11. The Bertz CT molecular complexity index is 3190. The number of ether oxygens (including phenoxy) is 1. The van der Waals surface area contributed by atoms with Gasteiger partial charge in [0.05, 0.1) is 16.8 Å². The van der Waals surface area contributed by atoms with Gasteiger partial charge in [-0.2, -0.15) is 0 Å². The van der Waals surface area contributed by atoms with Crippen LogP contribution in [0.1, 0.15) is 22.3 Å². The van der Waals surface area contributed by atoms with Crippen LogP contribution in [0.15, 0.2) is 212 Å². The first-order valence-corrected chi connectivity index (χ1v) is 20.7. The summed E-state index contributed by atoms with van der Waals surface area (Å²) < 4.78 is 9.26. The van der Waals surface area contributed by atoms with Crippen molar-refractivity contribution in [1.29, 1.82) is 0 Å². The highest BCUT2D eigenvalue weighted by Crippen LogP contribution is 2.63. The summed E-state index contributed by atoms with van der Waals surface area (Å²) in [7, 11) is 0. The van der Waals surface area contributed by atoms with Crippen LogP contribution in [0, 0.1) is 0 Å². The Labute approximate surface area is 341 Å². The Morgan fingerprint density at radius 1 is 0.379 bits per heavy atom. The van der Waals surface area contributed by atoms with Gasteiger partial charge in [-0.3, -0.25) is 0 Å². The fourth-order valence-electron chi connectivity index (χ4n) is 9.82. The van der Waals surface area contributed by atoms with E-state index in [1.807, 2.05) is 11.3 Å². The summed E-state index contributed by atoms with van der Waals surface area (Å²) in [5.41, 5.74) is 14.9. The minimum Gasteiger partial charge on any atom is -0.457 e. The molecule has 0 unspecified atom stereocenters. The molecule has 0 atom stereocenters. The smallest absolute Gasteiger partial charge is 0.132 e. The number of benzene rings is 9. The molecule has 2 aliphatic rings. The van der Waals surface area contributed by atoms with Gasteiger partial charge in [0.2, 0.25) is 0 Å². The van der Waals surface area contributed by atoms with Crippen molar-refractivity contribution in [2.75, 3.05) is 4.90 Å². The molecule has 0 fully saturated rings. The maximum Gasteiger partial charge on any atom is 0.132 e. The van der Waals surface area contributed by atoms with Gasteiger partial charge in [-0.25, -0.2) is 0 Å². The SMILES string of the molecule is c1ccc(N(c2ccccc2-c2ccc3sc4ccccc4c3c2)c2ccccc2-c2cccc3c2-c2ccccc2C32c3ccccc3Oc3ccccc32)cc1. The molecule has 0 saturated heterocycles. The van der Waals surface area contributed by atoms with E-state index in [4.69, 9.17) is 4.74 Å². The van der Waals surface area contributed by atoms with E-state index >= 15 is 0 Å². The summed E-state index contributed by atoms with van der Waals surface area (Å²) in [6, 6.07) is 77.4. The van der Waals surface area contributed by atoms with E-state index in [9.17, 15) is 0 Å². The molecule has 10 aromatic rings. The highest BCUT2D eigenvalue weighted by atomic mass is 32.1. The monoisotopic (exact) mass is 757 g/mol. The van der Waals surface area contributed by atoms with E-state index in [-0.39, 0.29) is 0 Å². The third-order valence-corrected chi connectivity index (χ3v) is 13.3. The zero-order valence-electron chi connectivity index (χ0n) is 31.5. The maximum absolute atomic E-state index is 6.64. The minimum atomic E-state index is -0.543. The second-order valence-electron chi connectivity index (χ2n) is 15.1. The van der Waals surface area contributed by atoms with Crippen molar-refractivity contribution in [1.82, 2.24) is 0 Å². The molecule has 0 radical (unpaired) electrons. The van der Waals surface area contributed by atoms with Crippen LogP contribution >= 0.6 is 11.3 Å². The third-order valence-electron chi connectivity index (χ3n) is 12.2. The molecular weight excluding hydrogens is 723 g/mol. The van der Waals surface area contributed by atoms with Crippen molar-refractivity contribution < 1.29 is 4.74 Å². The van der Waals surface area contributed by atoms with Crippen molar-refractivity contribution in [3.63, 3.8) is 0 Å². The average Bonchev–Trinajstić information content (AvgIpc) is 3.81. The Kier molecular flexibility index (Phi) is 7.35. The molecule has 3 heteroatoms. The first kappa shape index (κ1) is 33.0. The fraction of sp³-hybridized carbons (Fsp3) is 0.0182. The zero-order valence-corrected chi connectivity index (χ0v) is 32.3. The lowest BCUT2D eigenvalue weighted by Gasteiger charge is -2.39. The van der Waals surface area contributed by atoms with E-state index in [0.717, 1.165) is 34.1 Å². The van der Waals surface area contributed by atoms with Crippen LogP contribution in [-0.2, 0) is 5.41 Å². The molecule has 272 valence electrons. The zero-order chi connectivity index (χ0) is 38.2. The first-order chi connectivity index (χ1) is 28.8. The maximum atomic E-state index is 6.64. The van der Waals surface area contributed by atoms with Crippen molar-refractivity contribution in [3.05, 3.63) is 235 Å². The lowest BCUT2D eigenvalue weighted by atomic mass is 9.66. The van der Waals surface area contributed by atoms with E-state index < -0.39 is 5.41 Å². The van der Waals surface area contributed by atoms with Crippen LogP contribution in [0.4, 0.5) is 17.1 Å². The van der Waals surface area contributed by atoms with Gasteiger partial charge in [0.25, 0.3) is 0 Å². The van der Waals surface area contributed by atoms with Gasteiger partial charge in [0.15, 0.2) is 0 Å². The second kappa shape index (κ2) is 12.9. The predicted octanol–water partition coefficient (Wildman–Crippen LogP) is 15.3. The largest absolute Gasteiger partial charge is 0.457 e. The minimum absolute atomic E-state index is 0.543. The molecule has 0 saturated carbocycles. The van der Waals surface area contributed by atoms with Gasteiger partial charge < -0.3 is 9.64 Å². The molecule has 1 spiro atoms. The van der Waals surface area contributed by atoms with Gasteiger partial charge in [0.1, 0.15) is 11.5 Å². The standard InChI is InChI=1S/C55H35NOS/c1-2-17-37(18-3-1)56(48-28-11-5-19-38(48)36-33-34-53-43(35-36)40-21-7-15-32-52(40)58-53)49-29-12-6-20-39(49)41-23-16-27-47-54(41)42-22-4-8-24-44(42)55(47)45-25-9-13-30-50(45)57-51-31-14-10-26-46(51)55/h1-35H. The summed E-state index contributed by atoms with van der Waals surface area (Å²) in [5, 5.41) is 2.60. The lowest BCUT2D eigenvalue weighted by molar-refractivity contribution is 0.436.